The molecule has 1 heterocycles. The Morgan fingerprint density at radius 2 is 1.71 bits per heavy atom. The molecule has 0 aromatic heterocycles. The summed E-state index contributed by atoms with van der Waals surface area (Å²) >= 11 is 5.71. The Labute approximate surface area is 140 Å². The van der Waals surface area contributed by atoms with Crippen LogP contribution in [0.5, 0.6) is 0 Å². The van der Waals surface area contributed by atoms with Gasteiger partial charge in [-0.1, -0.05) is 17.7 Å². The zero-order chi connectivity index (χ0) is 18.0. The molecule has 1 aliphatic rings. The van der Waals surface area contributed by atoms with Crippen LogP contribution in [0.3, 0.4) is 0 Å². The number of hydrogen-bond donors (Lipinski definition) is 1. The van der Waals surface area contributed by atoms with Gasteiger partial charge in [-0.25, -0.2) is 0 Å². The van der Waals surface area contributed by atoms with Gasteiger partial charge in [0.05, 0.1) is 10.6 Å². The normalized spacial score (nSPS) is 18.6. The van der Waals surface area contributed by atoms with Gasteiger partial charge >= 0.3 is 12.4 Å². The number of nitrogens with zero attached hydrogens (tertiary/aromatic N) is 1. The predicted octanol–water partition coefficient (Wildman–Crippen LogP) is 4.65. The van der Waals surface area contributed by atoms with Gasteiger partial charge in [0.15, 0.2) is 0 Å². The summed E-state index contributed by atoms with van der Waals surface area (Å²) in [5.41, 5.74) is -0.609. The van der Waals surface area contributed by atoms with E-state index in [0.29, 0.717) is 31.7 Å². The fraction of sp³-hybridized carbons (Fsp3) is 0.600. The van der Waals surface area contributed by atoms with E-state index in [1.165, 1.54) is 6.07 Å². The van der Waals surface area contributed by atoms with E-state index in [1.807, 2.05) is 4.90 Å². The van der Waals surface area contributed by atoms with E-state index >= 15 is 0 Å². The van der Waals surface area contributed by atoms with Gasteiger partial charge in [0, 0.05) is 38.6 Å². The van der Waals surface area contributed by atoms with Crippen molar-refractivity contribution in [2.24, 2.45) is 0 Å². The van der Waals surface area contributed by atoms with Crippen molar-refractivity contribution in [1.82, 2.24) is 10.2 Å². The summed E-state index contributed by atoms with van der Waals surface area (Å²) < 4.78 is 76.1. The maximum atomic E-state index is 12.8. The topological polar surface area (TPSA) is 15.3 Å². The van der Waals surface area contributed by atoms with Crippen LogP contribution in [0.2, 0.25) is 5.02 Å². The molecule has 136 valence electrons. The molecule has 0 aliphatic carbocycles. The van der Waals surface area contributed by atoms with Gasteiger partial charge in [-0.05, 0) is 24.1 Å². The second-order valence-electron chi connectivity index (χ2n) is 5.69. The molecule has 1 atom stereocenters. The molecule has 1 aromatic rings. The van der Waals surface area contributed by atoms with E-state index in [4.69, 9.17) is 11.6 Å². The van der Waals surface area contributed by atoms with Gasteiger partial charge in [-0.2, -0.15) is 26.3 Å². The minimum Gasteiger partial charge on any atom is -0.314 e. The van der Waals surface area contributed by atoms with Crippen LogP contribution in [0.15, 0.2) is 18.2 Å². The largest absolute Gasteiger partial charge is 0.417 e. The lowest BCUT2D eigenvalue weighted by atomic mass is 9.98. The molecule has 0 bridgehead atoms. The van der Waals surface area contributed by atoms with Crippen LogP contribution >= 0.6 is 11.6 Å². The highest BCUT2D eigenvalue weighted by Crippen LogP contribution is 2.38. The smallest absolute Gasteiger partial charge is 0.314 e. The zero-order valence-corrected chi connectivity index (χ0v) is 13.4. The van der Waals surface area contributed by atoms with E-state index in [9.17, 15) is 26.3 Å². The Kier molecular flexibility index (Phi) is 6.04. The van der Waals surface area contributed by atoms with Crippen molar-refractivity contribution in [2.75, 3.05) is 26.2 Å². The average Bonchev–Trinajstić information content (AvgIpc) is 2.46. The second kappa shape index (κ2) is 7.49. The van der Waals surface area contributed by atoms with Crippen LogP contribution in [0.1, 0.15) is 30.0 Å². The number of rotatable bonds is 4. The minimum absolute atomic E-state index is 0.217. The fourth-order valence-corrected chi connectivity index (χ4v) is 3.12. The molecule has 0 spiro atoms. The molecule has 1 saturated heterocycles. The highest BCUT2D eigenvalue weighted by atomic mass is 35.5. The molecule has 1 aromatic carbocycles. The molecule has 0 saturated carbocycles. The van der Waals surface area contributed by atoms with E-state index in [0.717, 1.165) is 12.1 Å². The second-order valence-corrected chi connectivity index (χ2v) is 6.10. The molecule has 1 aliphatic heterocycles. The quantitative estimate of drug-likeness (QED) is 0.772. The third kappa shape index (κ3) is 5.26. The van der Waals surface area contributed by atoms with Crippen LogP contribution in [-0.4, -0.2) is 37.3 Å². The van der Waals surface area contributed by atoms with Gasteiger partial charge < -0.3 is 5.32 Å². The first kappa shape index (κ1) is 19.3. The third-order valence-corrected chi connectivity index (χ3v) is 4.29. The van der Waals surface area contributed by atoms with Crippen molar-refractivity contribution in [2.45, 2.75) is 31.2 Å². The Bertz CT molecular complexity index is 552. The summed E-state index contributed by atoms with van der Waals surface area (Å²) in [6.45, 7) is 2.30. The Morgan fingerprint density at radius 3 is 2.21 bits per heavy atom. The van der Waals surface area contributed by atoms with E-state index in [-0.39, 0.29) is 6.42 Å². The lowest BCUT2D eigenvalue weighted by Crippen LogP contribution is -2.45. The van der Waals surface area contributed by atoms with E-state index < -0.39 is 35.4 Å². The molecule has 2 nitrogen and oxygen atoms in total. The summed E-state index contributed by atoms with van der Waals surface area (Å²) in [7, 11) is 0. The number of piperazine rings is 1. The van der Waals surface area contributed by atoms with E-state index in [1.54, 1.807) is 0 Å². The number of benzene rings is 1. The van der Waals surface area contributed by atoms with Crippen molar-refractivity contribution in [1.29, 1.82) is 0 Å². The Hall–Kier alpha value is -0.990. The first-order chi connectivity index (χ1) is 11.1. The van der Waals surface area contributed by atoms with Crippen molar-refractivity contribution in [3.63, 3.8) is 0 Å². The molecule has 1 fully saturated rings. The first-order valence-corrected chi connectivity index (χ1v) is 7.84. The summed E-state index contributed by atoms with van der Waals surface area (Å²) in [4.78, 5) is 1.85. The van der Waals surface area contributed by atoms with Crippen LogP contribution in [0, 0.1) is 0 Å². The van der Waals surface area contributed by atoms with Crippen molar-refractivity contribution >= 4 is 11.6 Å². The maximum Gasteiger partial charge on any atom is 0.417 e. The molecule has 0 amide bonds. The van der Waals surface area contributed by atoms with Crippen molar-refractivity contribution < 1.29 is 26.3 Å². The van der Waals surface area contributed by atoms with Gasteiger partial charge in [-0.15, -0.1) is 0 Å². The Morgan fingerprint density at radius 1 is 1.08 bits per heavy atom. The Balaban J connectivity index is 2.26. The predicted molar refractivity (Wildman–Crippen MR) is 78.9 cm³/mol. The highest BCUT2D eigenvalue weighted by molar-refractivity contribution is 6.31. The molecule has 0 radical (unpaired) electrons. The van der Waals surface area contributed by atoms with Crippen LogP contribution in [-0.2, 0) is 6.18 Å². The van der Waals surface area contributed by atoms with Gasteiger partial charge in [0.25, 0.3) is 0 Å². The molecular formula is C15H17ClF6N2. The van der Waals surface area contributed by atoms with Crippen molar-refractivity contribution in [3.8, 4) is 0 Å². The standard InChI is InChI=1S/C15H17ClF6N2/c16-12-9-10(1-2-11(12)15(20,21)22)13(3-4-14(17,18)19)24-7-5-23-6-8-24/h1-2,9,13,23H,3-8H2/t13-/m1/s1. The lowest BCUT2D eigenvalue weighted by molar-refractivity contribution is -0.138. The van der Waals surface area contributed by atoms with E-state index in [2.05, 4.69) is 5.32 Å². The van der Waals surface area contributed by atoms with Gasteiger partial charge in [-0.3, -0.25) is 4.90 Å². The SMILES string of the molecule is FC(F)(F)CC[C@H](c1ccc(C(F)(F)F)c(Cl)c1)N1CCNCC1. The monoisotopic (exact) mass is 374 g/mol. The average molecular weight is 375 g/mol. The minimum atomic E-state index is -4.59. The molecule has 9 heteroatoms. The molecule has 1 N–H and O–H groups in total. The van der Waals surface area contributed by atoms with Crippen LogP contribution in [0.25, 0.3) is 0 Å². The lowest BCUT2D eigenvalue weighted by Gasteiger charge is -2.35. The van der Waals surface area contributed by atoms with Gasteiger partial charge in [0.2, 0.25) is 0 Å². The number of hydrogen-bond acceptors (Lipinski definition) is 2. The third-order valence-electron chi connectivity index (χ3n) is 3.98. The summed E-state index contributed by atoms with van der Waals surface area (Å²) in [6, 6.07) is 2.57. The van der Waals surface area contributed by atoms with Gasteiger partial charge in [0.1, 0.15) is 0 Å². The highest BCUT2D eigenvalue weighted by Gasteiger charge is 2.35. The zero-order valence-electron chi connectivity index (χ0n) is 12.6. The molecular weight excluding hydrogens is 358 g/mol. The molecule has 2 rings (SSSR count). The first-order valence-electron chi connectivity index (χ1n) is 7.46. The summed E-state index contributed by atoms with van der Waals surface area (Å²) in [6.07, 6.45) is -10.1. The molecule has 24 heavy (non-hydrogen) atoms. The maximum absolute atomic E-state index is 12.8. The molecule has 0 unspecified atom stereocenters. The van der Waals surface area contributed by atoms with Crippen LogP contribution in [0.4, 0.5) is 26.3 Å². The van der Waals surface area contributed by atoms with Crippen molar-refractivity contribution in [3.05, 3.63) is 34.3 Å². The van der Waals surface area contributed by atoms with Crippen LogP contribution < -0.4 is 5.32 Å². The summed E-state index contributed by atoms with van der Waals surface area (Å²) in [5.74, 6) is 0. The number of alkyl halides is 6. The number of nitrogens with one attached hydrogen (secondary N) is 1. The number of halogens is 7. The summed E-state index contributed by atoms with van der Waals surface area (Å²) in [5, 5.41) is 2.60. The fourth-order valence-electron chi connectivity index (χ4n) is 2.82.